The molecule has 1 unspecified atom stereocenters. The Morgan fingerprint density at radius 1 is 1.24 bits per heavy atom. The second-order valence-corrected chi connectivity index (χ2v) is 9.54. The van der Waals surface area contributed by atoms with Crippen LogP contribution in [-0.2, 0) is 15.7 Å². The topological polar surface area (TPSA) is 125 Å². The number of aromatic amines is 1. The molecule has 4 rings (SSSR count). The van der Waals surface area contributed by atoms with Crippen LogP contribution in [0.1, 0.15) is 49.7 Å². The minimum Gasteiger partial charge on any atom is -0.379 e. The van der Waals surface area contributed by atoms with Gasteiger partial charge in [0.1, 0.15) is 5.56 Å². The number of H-pyrrole nitrogens is 1. The van der Waals surface area contributed by atoms with Crippen molar-refractivity contribution < 1.29 is 31.5 Å². The molecule has 10 nitrogen and oxygen atoms in total. The molecular weight excluding hydrogens is 517 g/mol. The monoisotopic (exact) mass is 545 g/mol. The molecule has 2 aliphatic rings. The molecule has 0 spiro atoms. The molecule has 1 aliphatic carbocycles. The highest BCUT2D eigenvalue weighted by atomic mass is 19.4. The Bertz CT molecular complexity index is 1170. The SMILES string of the molecule is C[C@@H](COCCC(=O)NC1CCN(c2ncc(C3CC3)cn2)CC1(F)F)Nc1cn[nH]c(=O)c1C(F)(F)F. The number of amides is 1. The lowest BCUT2D eigenvalue weighted by Gasteiger charge is -2.38. The van der Waals surface area contributed by atoms with Crippen molar-refractivity contribution in [1.29, 1.82) is 0 Å². The first-order valence-electron chi connectivity index (χ1n) is 12.2. The maximum absolute atomic E-state index is 14.8. The highest BCUT2D eigenvalue weighted by molar-refractivity contribution is 5.76. The molecule has 2 aromatic rings. The maximum atomic E-state index is 14.8. The lowest BCUT2D eigenvalue weighted by atomic mass is 10.0. The summed E-state index contributed by atoms with van der Waals surface area (Å²) in [6.45, 7) is 0.894. The van der Waals surface area contributed by atoms with E-state index in [1.807, 2.05) is 0 Å². The molecule has 1 amide bonds. The maximum Gasteiger partial charge on any atom is 0.423 e. The molecule has 0 bridgehead atoms. The molecule has 2 atom stereocenters. The number of piperidine rings is 1. The number of carbonyl (C=O) groups is 1. The van der Waals surface area contributed by atoms with Gasteiger partial charge in [-0.15, -0.1) is 0 Å². The van der Waals surface area contributed by atoms with Crippen molar-refractivity contribution >= 4 is 17.5 Å². The van der Waals surface area contributed by atoms with Crippen LogP contribution in [0.25, 0.3) is 0 Å². The van der Waals surface area contributed by atoms with Crippen molar-refractivity contribution in [3.8, 4) is 0 Å². The van der Waals surface area contributed by atoms with Gasteiger partial charge in [0.25, 0.3) is 11.5 Å². The van der Waals surface area contributed by atoms with Gasteiger partial charge in [-0.05, 0) is 37.7 Å². The van der Waals surface area contributed by atoms with E-state index >= 15 is 0 Å². The van der Waals surface area contributed by atoms with Crippen molar-refractivity contribution in [1.82, 2.24) is 25.5 Å². The molecule has 1 saturated carbocycles. The summed E-state index contributed by atoms with van der Waals surface area (Å²) in [7, 11) is 0. The number of anilines is 2. The summed E-state index contributed by atoms with van der Waals surface area (Å²) in [6, 6.07) is -2.03. The average Bonchev–Trinajstić information content (AvgIpc) is 3.68. The molecule has 3 heterocycles. The minimum absolute atomic E-state index is 0.0000680. The van der Waals surface area contributed by atoms with Gasteiger partial charge in [-0.1, -0.05) is 0 Å². The number of nitrogens with zero attached hydrogens (tertiary/aromatic N) is 4. The summed E-state index contributed by atoms with van der Waals surface area (Å²) in [5.41, 5.74) is -2.29. The summed E-state index contributed by atoms with van der Waals surface area (Å²) in [5.74, 6) is -3.15. The Kier molecular flexibility index (Phi) is 8.13. The van der Waals surface area contributed by atoms with Crippen molar-refractivity contribution in [2.75, 3.05) is 36.5 Å². The van der Waals surface area contributed by atoms with Crippen LogP contribution in [0, 0.1) is 0 Å². The molecule has 0 aromatic carbocycles. The molecule has 38 heavy (non-hydrogen) atoms. The highest BCUT2D eigenvalue weighted by Gasteiger charge is 2.46. The van der Waals surface area contributed by atoms with Crippen molar-refractivity contribution in [2.24, 2.45) is 0 Å². The number of carbonyl (C=O) groups excluding carboxylic acids is 1. The van der Waals surface area contributed by atoms with Gasteiger partial charge in [0.2, 0.25) is 11.9 Å². The summed E-state index contributed by atoms with van der Waals surface area (Å²) >= 11 is 0. The molecule has 2 fully saturated rings. The fraction of sp³-hybridized carbons (Fsp3) is 0.609. The summed E-state index contributed by atoms with van der Waals surface area (Å²) in [6.07, 6.45) is 1.27. The van der Waals surface area contributed by atoms with Gasteiger partial charge in [-0.2, -0.15) is 18.3 Å². The standard InChI is InChI=1S/C23H28F5N7O3/c1-13(32-16-10-31-34-20(37)19(16)23(26,27)28)11-38-7-5-18(36)33-17-4-6-35(12-22(17,24)25)21-29-8-15(9-30-21)14-2-3-14/h8-10,13-14,17H,2-7,11-12H2,1H3,(H,33,36)(H2,32,34,37)/t13-,17?/m0/s1. The van der Waals surface area contributed by atoms with Gasteiger partial charge in [-0.25, -0.2) is 23.8 Å². The van der Waals surface area contributed by atoms with E-state index in [-0.39, 0.29) is 38.5 Å². The fourth-order valence-corrected chi connectivity index (χ4v) is 4.20. The van der Waals surface area contributed by atoms with Gasteiger partial charge < -0.3 is 20.3 Å². The smallest absolute Gasteiger partial charge is 0.379 e. The normalized spacial score (nSPS) is 20.2. The largest absolute Gasteiger partial charge is 0.423 e. The number of nitrogens with one attached hydrogen (secondary N) is 3. The third-order valence-electron chi connectivity index (χ3n) is 6.31. The lowest BCUT2D eigenvalue weighted by Crippen LogP contribution is -2.58. The molecule has 0 radical (unpaired) electrons. The minimum atomic E-state index is -4.89. The van der Waals surface area contributed by atoms with Crippen molar-refractivity contribution in [2.45, 2.75) is 62.7 Å². The van der Waals surface area contributed by atoms with Gasteiger partial charge in [0.05, 0.1) is 37.7 Å². The van der Waals surface area contributed by atoms with E-state index in [1.165, 1.54) is 11.8 Å². The predicted octanol–water partition coefficient (Wildman–Crippen LogP) is 2.69. The Balaban J connectivity index is 1.19. The number of halogens is 5. The van der Waals surface area contributed by atoms with Gasteiger partial charge in [0.15, 0.2) is 0 Å². The molecular formula is C23H28F5N7O3. The van der Waals surface area contributed by atoms with Crippen LogP contribution < -0.4 is 21.1 Å². The third-order valence-corrected chi connectivity index (χ3v) is 6.31. The van der Waals surface area contributed by atoms with Crippen molar-refractivity contribution in [3.63, 3.8) is 0 Å². The van der Waals surface area contributed by atoms with E-state index in [4.69, 9.17) is 4.74 Å². The second-order valence-electron chi connectivity index (χ2n) is 9.54. The quantitative estimate of drug-likeness (QED) is 0.308. The number of ether oxygens (including phenoxy) is 1. The van der Waals surface area contributed by atoms with E-state index in [0.717, 1.165) is 24.6 Å². The predicted molar refractivity (Wildman–Crippen MR) is 126 cm³/mol. The van der Waals surface area contributed by atoms with E-state index in [9.17, 15) is 31.5 Å². The van der Waals surface area contributed by atoms with Crippen LogP contribution in [0.4, 0.5) is 33.6 Å². The third kappa shape index (κ3) is 6.94. The zero-order valence-corrected chi connectivity index (χ0v) is 20.5. The number of hydrogen-bond acceptors (Lipinski definition) is 8. The van der Waals surface area contributed by atoms with E-state index in [1.54, 1.807) is 17.5 Å². The molecule has 2 aromatic heterocycles. The van der Waals surface area contributed by atoms with Crippen molar-refractivity contribution in [3.05, 3.63) is 40.1 Å². The average molecular weight is 546 g/mol. The number of hydrogen-bond donors (Lipinski definition) is 3. The molecule has 1 aliphatic heterocycles. The lowest BCUT2D eigenvalue weighted by molar-refractivity contribution is -0.138. The zero-order valence-electron chi connectivity index (χ0n) is 20.5. The number of alkyl halides is 5. The fourth-order valence-electron chi connectivity index (χ4n) is 4.20. The second kappa shape index (κ2) is 11.2. The van der Waals surface area contributed by atoms with E-state index < -0.39 is 53.4 Å². The molecule has 208 valence electrons. The highest BCUT2D eigenvalue weighted by Crippen LogP contribution is 2.39. The Labute approximate surface area is 214 Å². The zero-order chi connectivity index (χ0) is 27.5. The first-order chi connectivity index (χ1) is 17.9. The number of aromatic nitrogens is 4. The number of rotatable bonds is 10. The van der Waals surface area contributed by atoms with E-state index in [2.05, 4.69) is 25.7 Å². The van der Waals surface area contributed by atoms with Crippen LogP contribution in [0.5, 0.6) is 0 Å². The molecule has 3 N–H and O–H groups in total. The first-order valence-corrected chi connectivity index (χ1v) is 12.2. The summed E-state index contributed by atoms with van der Waals surface area (Å²) in [5, 5.41) is 9.96. The van der Waals surface area contributed by atoms with Gasteiger partial charge in [-0.3, -0.25) is 9.59 Å². The van der Waals surface area contributed by atoms with Crippen LogP contribution in [0.2, 0.25) is 0 Å². The van der Waals surface area contributed by atoms with Gasteiger partial charge in [0, 0.05) is 31.4 Å². The van der Waals surface area contributed by atoms with Crippen LogP contribution >= 0.6 is 0 Å². The van der Waals surface area contributed by atoms with Crippen LogP contribution in [-0.4, -0.2) is 70.4 Å². The first kappa shape index (κ1) is 27.7. The van der Waals surface area contributed by atoms with Gasteiger partial charge >= 0.3 is 6.18 Å². The Morgan fingerprint density at radius 2 is 1.95 bits per heavy atom. The van der Waals surface area contributed by atoms with Crippen LogP contribution in [0.3, 0.4) is 0 Å². The van der Waals surface area contributed by atoms with Crippen LogP contribution in [0.15, 0.2) is 23.4 Å². The summed E-state index contributed by atoms with van der Waals surface area (Å²) in [4.78, 5) is 33.6. The molecule has 15 heteroatoms. The Morgan fingerprint density at radius 3 is 2.58 bits per heavy atom. The van der Waals surface area contributed by atoms with E-state index in [0.29, 0.717) is 5.92 Å². The Hall–Kier alpha value is -3.36. The summed E-state index contributed by atoms with van der Waals surface area (Å²) < 4.78 is 74.2. The molecule has 1 saturated heterocycles.